The lowest BCUT2D eigenvalue weighted by Crippen LogP contribution is -2.33. The SMILES string of the molecule is COc1c(Br)cc(Cl)cc1NCC1CCN(C)CC1. The van der Waals surface area contributed by atoms with Crippen molar-refractivity contribution < 1.29 is 4.74 Å². The van der Waals surface area contributed by atoms with Crippen molar-refractivity contribution in [1.82, 2.24) is 4.90 Å². The summed E-state index contributed by atoms with van der Waals surface area (Å²) in [6, 6.07) is 3.77. The number of hydrogen-bond donors (Lipinski definition) is 1. The van der Waals surface area contributed by atoms with E-state index in [0.717, 1.165) is 28.4 Å². The van der Waals surface area contributed by atoms with Crippen LogP contribution in [0.4, 0.5) is 5.69 Å². The number of ether oxygens (including phenoxy) is 1. The fourth-order valence-electron chi connectivity index (χ4n) is 2.42. The van der Waals surface area contributed by atoms with Gasteiger partial charge in [0.25, 0.3) is 0 Å². The minimum Gasteiger partial charge on any atom is -0.493 e. The summed E-state index contributed by atoms with van der Waals surface area (Å²) in [5.41, 5.74) is 0.959. The predicted molar refractivity (Wildman–Crippen MR) is 84.4 cm³/mol. The molecule has 0 aromatic heterocycles. The molecule has 0 unspecified atom stereocenters. The van der Waals surface area contributed by atoms with Crippen molar-refractivity contribution in [1.29, 1.82) is 0 Å². The first-order chi connectivity index (χ1) is 9.10. The van der Waals surface area contributed by atoms with Crippen molar-refractivity contribution in [2.75, 3.05) is 39.1 Å². The van der Waals surface area contributed by atoms with E-state index in [4.69, 9.17) is 16.3 Å². The Balaban J connectivity index is 1.99. The largest absolute Gasteiger partial charge is 0.493 e. The van der Waals surface area contributed by atoms with Crippen LogP contribution >= 0.6 is 27.5 Å². The lowest BCUT2D eigenvalue weighted by atomic mass is 9.97. The summed E-state index contributed by atoms with van der Waals surface area (Å²) in [7, 11) is 3.86. The van der Waals surface area contributed by atoms with E-state index in [9.17, 15) is 0 Å². The topological polar surface area (TPSA) is 24.5 Å². The molecule has 106 valence electrons. The number of benzene rings is 1. The second kappa shape index (κ2) is 6.82. The summed E-state index contributed by atoms with van der Waals surface area (Å²) in [6.45, 7) is 3.34. The van der Waals surface area contributed by atoms with E-state index in [1.807, 2.05) is 12.1 Å². The zero-order chi connectivity index (χ0) is 13.8. The molecule has 1 heterocycles. The first-order valence-corrected chi connectivity index (χ1v) is 7.72. The highest BCUT2D eigenvalue weighted by molar-refractivity contribution is 9.10. The lowest BCUT2D eigenvalue weighted by molar-refractivity contribution is 0.226. The zero-order valence-electron chi connectivity index (χ0n) is 11.4. The molecule has 1 aromatic rings. The van der Waals surface area contributed by atoms with E-state index in [-0.39, 0.29) is 0 Å². The van der Waals surface area contributed by atoms with Gasteiger partial charge in [0.1, 0.15) is 0 Å². The first-order valence-electron chi connectivity index (χ1n) is 6.55. The molecule has 0 radical (unpaired) electrons. The third-order valence-corrected chi connectivity index (χ3v) is 4.44. The summed E-state index contributed by atoms with van der Waals surface area (Å²) in [6.07, 6.45) is 2.49. The van der Waals surface area contributed by atoms with Gasteiger partial charge in [-0.3, -0.25) is 0 Å². The number of methoxy groups -OCH3 is 1. The zero-order valence-corrected chi connectivity index (χ0v) is 13.7. The molecule has 0 bridgehead atoms. The maximum absolute atomic E-state index is 6.09. The summed E-state index contributed by atoms with van der Waals surface area (Å²) < 4.78 is 6.29. The van der Waals surface area contributed by atoms with Crippen LogP contribution in [0.15, 0.2) is 16.6 Å². The third kappa shape index (κ3) is 4.01. The van der Waals surface area contributed by atoms with Gasteiger partial charge < -0.3 is 15.0 Å². The highest BCUT2D eigenvalue weighted by Crippen LogP contribution is 2.36. The van der Waals surface area contributed by atoms with E-state index in [1.54, 1.807) is 7.11 Å². The van der Waals surface area contributed by atoms with Gasteiger partial charge in [-0.05, 0) is 67.0 Å². The molecule has 1 aliphatic heterocycles. The summed E-state index contributed by atoms with van der Waals surface area (Å²) >= 11 is 9.56. The van der Waals surface area contributed by atoms with E-state index in [1.165, 1.54) is 25.9 Å². The Hall–Kier alpha value is -0.450. The number of piperidine rings is 1. The molecule has 0 saturated carbocycles. The highest BCUT2D eigenvalue weighted by atomic mass is 79.9. The smallest absolute Gasteiger partial charge is 0.156 e. The number of halogens is 2. The number of hydrogen-bond acceptors (Lipinski definition) is 3. The number of anilines is 1. The predicted octanol–water partition coefficient (Wildman–Crippen LogP) is 3.86. The molecule has 5 heteroatoms. The average Bonchev–Trinajstić information content (AvgIpc) is 2.37. The molecule has 2 rings (SSSR count). The molecule has 1 aliphatic rings. The number of likely N-dealkylation sites (tertiary alicyclic amines) is 1. The molecule has 0 amide bonds. The molecule has 0 aliphatic carbocycles. The molecular weight excluding hydrogens is 328 g/mol. The minimum absolute atomic E-state index is 0.707. The molecule has 0 atom stereocenters. The van der Waals surface area contributed by atoms with Crippen LogP contribution in [0.5, 0.6) is 5.75 Å². The molecule has 1 aromatic carbocycles. The van der Waals surface area contributed by atoms with E-state index < -0.39 is 0 Å². The molecular formula is C14H20BrClN2O. The van der Waals surface area contributed by atoms with E-state index in [2.05, 4.69) is 33.2 Å². The van der Waals surface area contributed by atoms with Gasteiger partial charge in [0.05, 0.1) is 17.3 Å². The van der Waals surface area contributed by atoms with Crippen LogP contribution in [-0.2, 0) is 0 Å². The molecule has 19 heavy (non-hydrogen) atoms. The second-order valence-electron chi connectivity index (χ2n) is 5.10. The monoisotopic (exact) mass is 346 g/mol. The average molecular weight is 348 g/mol. The van der Waals surface area contributed by atoms with Crippen molar-refractivity contribution in [2.45, 2.75) is 12.8 Å². The van der Waals surface area contributed by atoms with Gasteiger partial charge in [-0.25, -0.2) is 0 Å². The Bertz CT molecular complexity index is 434. The standard InChI is InChI=1S/C14H20BrClN2O/c1-18-5-3-10(4-6-18)9-17-13-8-11(16)7-12(15)14(13)19-2/h7-8,10,17H,3-6,9H2,1-2H3. The Morgan fingerprint density at radius 1 is 1.42 bits per heavy atom. The Labute approximate surface area is 128 Å². The van der Waals surface area contributed by atoms with E-state index >= 15 is 0 Å². The summed E-state index contributed by atoms with van der Waals surface area (Å²) in [5, 5.41) is 4.18. The second-order valence-corrected chi connectivity index (χ2v) is 6.39. The molecule has 1 N–H and O–H groups in total. The summed E-state index contributed by atoms with van der Waals surface area (Å²) in [4.78, 5) is 2.38. The maximum Gasteiger partial charge on any atom is 0.156 e. The van der Waals surface area contributed by atoms with Crippen molar-refractivity contribution >= 4 is 33.2 Å². The quantitative estimate of drug-likeness (QED) is 0.895. The summed E-state index contributed by atoms with van der Waals surface area (Å²) in [5.74, 6) is 1.54. The fraction of sp³-hybridized carbons (Fsp3) is 0.571. The van der Waals surface area contributed by atoms with Crippen LogP contribution in [-0.4, -0.2) is 38.7 Å². The molecule has 3 nitrogen and oxygen atoms in total. The molecule has 0 spiro atoms. The highest BCUT2D eigenvalue weighted by Gasteiger charge is 2.17. The van der Waals surface area contributed by atoms with Crippen LogP contribution in [0.3, 0.4) is 0 Å². The third-order valence-electron chi connectivity index (χ3n) is 3.63. The number of nitrogens with zero attached hydrogens (tertiary/aromatic N) is 1. The van der Waals surface area contributed by atoms with Crippen molar-refractivity contribution in [3.63, 3.8) is 0 Å². The Kier molecular flexibility index (Phi) is 5.37. The van der Waals surface area contributed by atoms with Gasteiger partial charge in [0.15, 0.2) is 5.75 Å². The van der Waals surface area contributed by atoms with E-state index in [0.29, 0.717) is 5.02 Å². The van der Waals surface area contributed by atoms with Gasteiger partial charge >= 0.3 is 0 Å². The van der Waals surface area contributed by atoms with Gasteiger partial charge in [0.2, 0.25) is 0 Å². The van der Waals surface area contributed by atoms with Crippen LogP contribution in [0.25, 0.3) is 0 Å². The van der Waals surface area contributed by atoms with Crippen LogP contribution < -0.4 is 10.1 Å². The normalized spacial score (nSPS) is 17.5. The number of nitrogens with one attached hydrogen (secondary N) is 1. The van der Waals surface area contributed by atoms with Crippen molar-refractivity contribution in [3.05, 3.63) is 21.6 Å². The van der Waals surface area contributed by atoms with Crippen LogP contribution in [0, 0.1) is 5.92 Å². The van der Waals surface area contributed by atoms with Gasteiger partial charge in [-0.2, -0.15) is 0 Å². The maximum atomic E-state index is 6.09. The van der Waals surface area contributed by atoms with Gasteiger partial charge in [-0.15, -0.1) is 0 Å². The Morgan fingerprint density at radius 2 is 2.11 bits per heavy atom. The van der Waals surface area contributed by atoms with Gasteiger partial charge in [0, 0.05) is 11.6 Å². The number of rotatable bonds is 4. The Morgan fingerprint density at radius 3 is 2.74 bits per heavy atom. The minimum atomic E-state index is 0.707. The van der Waals surface area contributed by atoms with Crippen LogP contribution in [0.1, 0.15) is 12.8 Å². The van der Waals surface area contributed by atoms with Crippen molar-refractivity contribution in [2.24, 2.45) is 5.92 Å². The molecule has 1 fully saturated rings. The van der Waals surface area contributed by atoms with Gasteiger partial charge in [-0.1, -0.05) is 11.6 Å². The first kappa shape index (κ1) is 14.9. The fourth-order valence-corrected chi connectivity index (χ4v) is 3.39. The van der Waals surface area contributed by atoms with Crippen LogP contribution in [0.2, 0.25) is 5.02 Å². The molecule has 1 saturated heterocycles. The van der Waals surface area contributed by atoms with Crippen molar-refractivity contribution in [3.8, 4) is 5.75 Å². The lowest BCUT2D eigenvalue weighted by Gasteiger charge is -2.29.